The van der Waals surface area contributed by atoms with E-state index in [9.17, 15) is 20.4 Å². The van der Waals surface area contributed by atoms with Crippen LogP contribution in [0.25, 0.3) is 0 Å². The number of hydrogen-bond donors (Lipinski definition) is 4. The second-order valence-corrected chi connectivity index (χ2v) is 9.99. The van der Waals surface area contributed by atoms with Crippen molar-refractivity contribution in [3.05, 3.63) is 64.2 Å². The molecule has 1 heterocycles. The third kappa shape index (κ3) is 5.37. The third-order valence-corrected chi connectivity index (χ3v) is 7.52. The van der Waals surface area contributed by atoms with Crippen molar-refractivity contribution in [1.29, 1.82) is 0 Å². The fourth-order valence-electron chi connectivity index (χ4n) is 4.87. The lowest BCUT2D eigenvalue weighted by Crippen LogP contribution is -2.55. The Hall–Kier alpha value is -1.67. The Labute approximate surface area is 199 Å². The zero-order chi connectivity index (χ0) is 23.7. The van der Waals surface area contributed by atoms with Crippen molar-refractivity contribution < 1.29 is 29.9 Å². The monoisotopic (exact) mass is 476 g/mol. The minimum absolute atomic E-state index is 0.269. The maximum Gasteiger partial charge on any atom is 0.119 e. The summed E-state index contributed by atoms with van der Waals surface area (Å²) in [5.41, 5.74) is 2.53. The van der Waals surface area contributed by atoms with E-state index in [1.165, 1.54) is 0 Å². The Morgan fingerprint density at radius 3 is 2.24 bits per heavy atom. The molecule has 1 saturated heterocycles. The van der Waals surface area contributed by atoms with Gasteiger partial charge in [0.1, 0.15) is 36.3 Å². The standard InChI is InChI=1S/C26H33ClO6/c1-14-9-20(10-15(14)2)32-19-6-3-16(4-7-19)11-18-12-17(5-8-21(18)27)26-25(31)24(30)23(29)22(13-28)33-26/h3-8,12,14-15,20,22-26,28-31H,9-11,13H2,1-2H3/t14-,15+,20+,22-,23-,24+,25-,26+/m1/s1. The predicted octanol–water partition coefficient (Wildman–Crippen LogP) is 3.26. The molecule has 1 aliphatic carbocycles. The highest BCUT2D eigenvalue weighted by Gasteiger charge is 2.44. The molecule has 0 radical (unpaired) electrons. The van der Waals surface area contributed by atoms with Gasteiger partial charge in [-0.15, -0.1) is 0 Å². The van der Waals surface area contributed by atoms with E-state index in [-0.39, 0.29) is 6.10 Å². The zero-order valence-electron chi connectivity index (χ0n) is 19.0. The van der Waals surface area contributed by atoms with Crippen molar-refractivity contribution in [2.75, 3.05) is 6.61 Å². The molecule has 1 saturated carbocycles. The third-order valence-electron chi connectivity index (χ3n) is 7.15. The summed E-state index contributed by atoms with van der Waals surface area (Å²) in [5.74, 6) is 2.24. The summed E-state index contributed by atoms with van der Waals surface area (Å²) in [4.78, 5) is 0. The van der Waals surface area contributed by atoms with Crippen molar-refractivity contribution >= 4 is 11.6 Å². The summed E-state index contributed by atoms with van der Waals surface area (Å²) >= 11 is 6.44. The number of ether oxygens (including phenoxy) is 2. The molecular weight excluding hydrogens is 444 g/mol. The summed E-state index contributed by atoms with van der Waals surface area (Å²) in [6, 6.07) is 13.3. The molecule has 33 heavy (non-hydrogen) atoms. The lowest BCUT2D eigenvalue weighted by Gasteiger charge is -2.40. The minimum Gasteiger partial charge on any atom is -0.490 e. The topological polar surface area (TPSA) is 99.4 Å². The number of aliphatic hydroxyl groups is 4. The lowest BCUT2D eigenvalue weighted by atomic mass is 9.90. The highest BCUT2D eigenvalue weighted by molar-refractivity contribution is 6.31. The van der Waals surface area contributed by atoms with Gasteiger partial charge in [0.25, 0.3) is 0 Å². The van der Waals surface area contributed by atoms with Gasteiger partial charge in [0.2, 0.25) is 0 Å². The normalized spacial score (nSPS) is 34.4. The first-order valence-corrected chi connectivity index (χ1v) is 12.0. The van der Waals surface area contributed by atoms with Crippen LogP contribution < -0.4 is 4.74 Å². The van der Waals surface area contributed by atoms with Gasteiger partial charge in [-0.05, 0) is 66.0 Å². The molecule has 0 bridgehead atoms. The summed E-state index contributed by atoms with van der Waals surface area (Å²) < 4.78 is 11.8. The molecular formula is C26H33ClO6. The van der Waals surface area contributed by atoms with Crippen LogP contribution in [0.15, 0.2) is 42.5 Å². The molecule has 7 heteroatoms. The number of halogens is 1. The average molecular weight is 477 g/mol. The van der Waals surface area contributed by atoms with Crippen LogP contribution >= 0.6 is 11.6 Å². The van der Waals surface area contributed by atoms with Crippen molar-refractivity contribution in [2.45, 2.75) is 69.7 Å². The largest absolute Gasteiger partial charge is 0.490 e. The molecule has 4 N–H and O–H groups in total. The van der Waals surface area contributed by atoms with E-state index in [2.05, 4.69) is 13.8 Å². The van der Waals surface area contributed by atoms with Gasteiger partial charge in [-0.25, -0.2) is 0 Å². The zero-order valence-corrected chi connectivity index (χ0v) is 19.7. The Bertz CT molecular complexity index is 923. The van der Waals surface area contributed by atoms with Gasteiger partial charge < -0.3 is 29.9 Å². The minimum atomic E-state index is -1.42. The van der Waals surface area contributed by atoms with E-state index in [1.807, 2.05) is 30.3 Å². The van der Waals surface area contributed by atoms with E-state index in [4.69, 9.17) is 21.1 Å². The van der Waals surface area contributed by atoms with Crippen LogP contribution in [0.3, 0.4) is 0 Å². The van der Waals surface area contributed by atoms with Gasteiger partial charge in [-0.2, -0.15) is 0 Å². The molecule has 180 valence electrons. The number of hydrogen-bond acceptors (Lipinski definition) is 6. The smallest absolute Gasteiger partial charge is 0.119 e. The van der Waals surface area contributed by atoms with Crippen LogP contribution in [0.4, 0.5) is 0 Å². The molecule has 2 aromatic carbocycles. The fourth-order valence-corrected chi connectivity index (χ4v) is 5.05. The predicted molar refractivity (Wildman–Crippen MR) is 125 cm³/mol. The van der Waals surface area contributed by atoms with Gasteiger partial charge in [0.05, 0.1) is 12.7 Å². The molecule has 4 rings (SSSR count). The summed E-state index contributed by atoms with van der Waals surface area (Å²) in [7, 11) is 0. The SMILES string of the molecule is C[C@@H]1C[C@H](Oc2ccc(Cc3cc([C@@H]4O[C@H](CO)[C@@H](O)[C@H](O)[C@H]4O)ccc3Cl)cc2)C[C@@H]1C. The second-order valence-electron chi connectivity index (χ2n) is 9.59. The first-order valence-electron chi connectivity index (χ1n) is 11.6. The maximum atomic E-state index is 10.4. The summed E-state index contributed by atoms with van der Waals surface area (Å²) in [6.07, 6.45) is -2.95. The van der Waals surface area contributed by atoms with Gasteiger partial charge in [0, 0.05) is 5.02 Å². The van der Waals surface area contributed by atoms with E-state index in [0.717, 1.165) is 29.7 Å². The van der Waals surface area contributed by atoms with Gasteiger partial charge in [0.15, 0.2) is 0 Å². The Balaban J connectivity index is 1.46. The Kier molecular flexibility index (Phi) is 7.63. The summed E-state index contributed by atoms with van der Waals surface area (Å²) in [6.45, 7) is 4.09. The quantitative estimate of drug-likeness (QED) is 0.510. The maximum absolute atomic E-state index is 10.4. The molecule has 6 nitrogen and oxygen atoms in total. The molecule has 8 atom stereocenters. The second kappa shape index (κ2) is 10.3. The van der Waals surface area contributed by atoms with Gasteiger partial charge >= 0.3 is 0 Å². The highest BCUT2D eigenvalue weighted by atomic mass is 35.5. The molecule has 2 aromatic rings. The molecule has 2 aliphatic rings. The van der Waals surface area contributed by atoms with Crippen molar-refractivity contribution in [1.82, 2.24) is 0 Å². The van der Waals surface area contributed by atoms with E-state index < -0.39 is 37.1 Å². The number of benzene rings is 2. The number of aliphatic hydroxyl groups excluding tert-OH is 4. The summed E-state index contributed by atoms with van der Waals surface area (Å²) in [5, 5.41) is 40.6. The van der Waals surface area contributed by atoms with Crippen LogP contribution in [0.1, 0.15) is 49.5 Å². The van der Waals surface area contributed by atoms with Crippen LogP contribution in [0.2, 0.25) is 5.02 Å². The molecule has 0 unspecified atom stereocenters. The van der Waals surface area contributed by atoms with Crippen LogP contribution in [-0.2, 0) is 11.2 Å². The van der Waals surface area contributed by atoms with E-state index in [0.29, 0.717) is 28.8 Å². The fraction of sp³-hybridized carbons (Fsp3) is 0.538. The van der Waals surface area contributed by atoms with Gasteiger partial charge in [-0.1, -0.05) is 49.7 Å². The molecule has 2 fully saturated rings. The highest BCUT2D eigenvalue weighted by Crippen LogP contribution is 2.35. The molecule has 0 spiro atoms. The van der Waals surface area contributed by atoms with E-state index >= 15 is 0 Å². The first kappa shape index (κ1) is 24.5. The number of rotatable bonds is 6. The molecule has 0 aromatic heterocycles. The van der Waals surface area contributed by atoms with Crippen LogP contribution in [-0.4, -0.2) is 57.6 Å². The van der Waals surface area contributed by atoms with Crippen LogP contribution in [0, 0.1) is 11.8 Å². The average Bonchev–Trinajstić information content (AvgIpc) is 3.12. The lowest BCUT2D eigenvalue weighted by molar-refractivity contribution is -0.231. The van der Waals surface area contributed by atoms with Crippen LogP contribution in [0.5, 0.6) is 5.75 Å². The molecule has 0 amide bonds. The molecule has 1 aliphatic heterocycles. The first-order chi connectivity index (χ1) is 15.8. The van der Waals surface area contributed by atoms with Crippen molar-refractivity contribution in [3.8, 4) is 5.75 Å². The van der Waals surface area contributed by atoms with Gasteiger partial charge in [-0.3, -0.25) is 0 Å². The van der Waals surface area contributed by atoms with Crippen molar-refractivity contribution in [2.24, 2.45) is 11.8 Å². The Morgan fingerprint density at radius 2 is 1.61 bits per heavy atom. The van der Waals surface area contributed by atoms with Crippen molar-refractivity contribution in [3.63, 3.8) is 0 Å². The Morgan fingerprint density at radius 1 is 0.939 bits per heavy atom. The van der Waals surface area contributed by atoms with E-state index in [1.54, 1.807) is 12.1 Å².